The molecule has 0 aliphatic heterocycles. The highest BCUT2D eigenvalue weighted by Crippen LogP contribution is 2.30. The summed E-state index contributed by atoms with van der Waals surface area (Å²) in [5, 5.41) is 9.76. The molecule has 0 fully saturated rings. The van der Waals surface area contributed by atoms with Crippen LogP contribution in [0.15, 0.2) is 41.3 Å². The Kier molecular flexibility index (Phi) is 5.96. The topological polar surface area (TPSA) is 20.2 Å². The van der Waals surface area contributed by atoms with E-state index in [1.807, 2.05) is 6.07 Å². The molecule has 5 heteroatoms. The van der Waals surface area contributed by atoms with Gasteiger partial charge in [-0.25, -0.2) is 4.39 Å². The molecule has 0 aliphatic rings. The van der Waals surface area contributed by atoms with Gasteiger partial charge in [0, 0.05) is 16.2 Å². The molecular weight excluding hydrogens is 330 g/mol. The normalized spacial score (nSPS) is 10.1. The third-order valence-corrected chi connectivity index (χ3v) is 4.44. The van der Waals surface area contributed by atoms with Crippen molar-refractivity contribution in [1.82, 2.24) is 0 Å². The summed E-state index contributed by atoms with van der Waals surface area (Å²) in [7, 11) is 0. The molecule has 2 aromatic carbocycles. The van der Waals surface area contributed by atoms with Crippen molar-refractivity contribution in [2.24, 2.45) is 0 Å². The predicted octanol–water partition coefficient (Wildman–Crippen LogP) is 4.77. The second kappa shape index (κ2) is 7.72. The first-order valence-corrected chi connectivity index (χ1v) is 7.80. The fourth-order valence-corrected chi connectivity index (χ4v) is 2.96. The number of halogens is 3. The number of rotatable bonds is 3. The van der Waals surface area contributed by atoms with Gasteiger partial charge in [0.2, 0.25) is 0 Å². The molecule has 0 spiro atoms. The van der Waals surface area contributed by atoms with E-state index in [1.165, 1.54) is 12.1 Å². The van der Waals surface area contributed by atoms with Gasteiger partial charge in [-0.2, -0.15) is 0 Å². The maximum atomic E-state index is 13.3. The van der Waals surface area contributed by atoms with E-state index in [4.69, 9.17) is 28.3 Å². The average molecular weight is 341 g/mol. The molecule has 0 aromatic heterocycles. The molecule has 108 valence electrons. The number of hydrogen-bond donors (Lipinski definition) is 1. The Morgan fingerprint density at radius 1 is 1.10 bits per heavy atom. The van der Waals surface area contributed by atoms with E-state index >= 15 is 0 Å². The number of thioether (sulfide) groups is 1. The van der Waals surface area contributed by atoms with Gasteiger partial charge < -0.3 is 5.11 Å². The van der Waals surface area contributed by atoms with Crippen molar-refractivity contribution in [2.75, 3.05) is 6.61 Å². The second-order valence-electron chi connectivity index (χ2n) is 4.13. The van der Waals surface area contributed by atoms with Gasteiger partial charge in [0.05, 0.1) is 10.0 Å². The first-order valence-electron chi connectivity index (χ1n) is 6.06. The second-order valence-corrected chi connectivity index (χ2v) is 5.99. The highest BCUT2D eigenvalue weighted by Gasteiger charge is 2.05. The van der Waals surface area contributed by atoms with Crippen LogP contribution < -0.4 is 0 Å². The summed E-state index contributed by atoms with van der Waals surface area (Å²) in [5.74, 6) is 5.57. The Labute approximate surface area is 137 Å². The Morgan fingerprint density at radius 3 is 2.62 bits per heavy atom. The first kappa shape index (κ1) is 16.2. The van der Waals surface area contributed by atoms with Gasteiger partial charge in [-0.05, 0) is 35.9 Å². The number of benzene rings is 2. The molecule has 0 saturated heterocycles. The van der Waals surface area contributed by atoms with Crippen LogP contribution in [-0.2, 0) is 5.75 Å². The zero-order chi connectivity index (χ0) is 15.2. The molecule has 0 saturated carbocycles. The summed E-state index contributed by atoms with van der Waals surface area (Å²) in [6.45, 7) is -0.254. The van der Waals surface area contributed by atoms with Crippen molar-refractivity contribution in [3.8, 4) is 11.8 Å². The van der Waals surface area contributed by atoms with Crippen molar-refractivity contribution in [3.63, 3.8) is 0 Å². The monoisotopic (exact) mass is 340 g/mol. The van der Waals surface area contributed by atoms with E-state index in [1.54, 1.807) is 30.0 Å². The van der Waals surface area contributed by atoms with Gasteiger partial charge in [0.25, 0.3) is 0 Å². The van der Waals surface area contributed by atoms with Crippen molar-refractivity contribution in [2.45, 2.75) is 10.6 Å². The van der Waals surface area contributed by atoms with Crippen LogP contribution in [0.2, 0.25) is 10.0 Å². The number of aliphatic hydroxyl groups is 1. The van der Waals surface area contributed by atoms with Crippen LogP contribution in [0.4, 0.5) is 4.39 Å². The molecule has 0 heterocycles. The number of hydrogen-bond acceptors (Lipinski definition) is 2. The van der Waals surface area contributed by atoms with Gasteiger partial charge in [0.15, 0.2) is 0 Å². The number of aliphatic hydroxyl groups excluding tert-OH is 1. The minimum absolute atomic E-state index is 0.254. The Bertz CT molecular complexity index is 707. The van der Waals surface area contributed by atoms with Crippen LogP contribution in [0, 0.1) is 17.7 Å². The minimum Gasteiger partial charge on any atom is -0.384 e. The molecule has 0 amide bonds. The van der Waals surface area contributed by atoms with Crippen molar-refractivity contribution in [1.29, 1.82) is 0 Å². The van der Waals surface area contributed by atoms with Gasteiger partial charge >= 0.3 is 0 Å². The molecule has 2 rings (SSSR count). The lowest BCUT2D eigenvalue weighted by atomic mass is 10.1. The van der Waals surface area contributed by atoms with Gasteiger partial charge in [-0.15, -0.1) is 11.8 Å². The predicted molar refractivity (Wildman–Crippen MR) is 86.4 cm³/mol. The zero-order valence-corrected chi connectivity index (χ0v) is 13.2. The molecule has 21 heavy (non-hydrogen) atoms. The van der Waals surface area contributed by atoms with Gasteiger partial charge in [-0.1, -0.05) is 41.1 Å². The highest BCUT2D eigenvalue weighted by atomic mass is 35.5. The third kappa shape index (κ3) is 4.66. The lowest BCUT2D eigenvalue weighted by Crippen LogP contribution is -1.90. The van der Waals surface area contributed by atoms with E-state index in [2.05, 4.69) is 11.8 Å². The van der Waals surface area contributed by atoms with Gasteiger partial charge in [-0.3, -0.25) is 0 Å². The lowest BCUT2D eigenvalue weighted by Gasteiger charge is -2.06. The summed E-state index contributed by atoms with van der Waals surface area (Å²) in [6.07, 6.45) is 0. The molecule has 2 aromatic rings. The van der Waals surface area contributed by atoms with Crippen molar-refractivity contribution in [3.05, 3.63) is 63.4 Å². The smallest absolute Gasteiger partial charge is 0.124 e. The summed E-state index contributed by atoms with van der Waals surface area (Å²) in [6, 6.07) is 9.87. The van der Waals surface area contributed by atoms with Crippen LogP contribution in [0.1, 0.15) is 11.1 Å². The molecule has 0 unspecified atom stereocenters. The lowest BCUT2D eigenvalue weighted by molar-refractivity contribution is 0.350. The third-order valence-electron chi connectivity index (χ3n) is 2.66. The maximum absolute atomic E-state index is 13.3. The summed E-state index contributed by atoms with van der Waals surface area (Å²) in [4.78, 5) is 0.967. The van der Waals surface area contributed by atoms with Gasteiger partial charge in [0.1, 0.15) is 12.4 Å². The van der Waals surface area contributed by atoms with E-state index in [-0.39, 0.29) is 12.4 Å². The van der Waals surface area contributed by atoms with Crippen LogP contribution in [0.25, 0.3) is 0 Å². The minimum atomic E-state index is -0.347. The van der Waals surface area contributed by atoms with E-state index in [0.717, 1.165) is 10.5 Å². The Morgan fingerprint density at radius 2 is 1.90 bits per heavy atom. The van der Waals surface area contributed by atoms with Crippen LogP contribution in [0.5, 0.6) is 0 Å². The zero-order valence-electron chi connectivity index (χ0n) is 10.9. The fourth-order valence-electron chi connectivity index (χ4n) is 1.65. The molecule has 0 aliphatic carbocycles. The van der Waals surface area contributed by atoms with Crippen LogP contribution in [-0.4, -0.2) is 11.7 Å². The first-order chi connectivity index (χ1) is 10.1. The summed E-state index contributed by atoms with van der Waals surface area (Å²) >= 11 is 13.4. The molecule has 0 bridgehead atoms. The fraction of sp³-hybridized carbons (Fsp3) is 0.125. The summed E-state index contributed by atoms with van der Waals surface area (Å²) < 4.78 is 13.3. The van der Waals surface area contributed by atoms with Crippen LogP contribution in [0.3, 0.4) is 0 Å². The Hall–Kier alpha value is -1.18. The molecule has 0 radical (unpaired) electrons. The average Bonchev–Trinajstić information content (AvgIpc) is 2.47. The van der Waals surface area contributed by atoms with Crippen molar-refractivity contribution < 1.29 is 9.50 Å². The maximum Gasteiger partial charge on any atom is 0.124 e. The van der Waals surface area contributed by atoms with Crippen LogP contribution >= 0.6 is 35.0 Å². The van der Waals surface area contributed by atoms with E-state index < -0.39 is 0 Å². The van der Waals surface area contributed by atoms with Crippen molar-refractivity contribution >= 4 is 35.0 Å². The molecular formula is C16H11Cl2FOS. The standard InChI is InChI=1S/C16H11Cl2FOS/c17-15-6-5-14(9-16(15)18)21-10-12-3-4-13(19)8-11(12)2-1-7-20/h3-6,8-9,20H,7,10H2. The van der Waals surface area contributed by atoms with E-state index in [0.29, 0.717) is 21.4 Å². The quantitative estimate of drug-likeness (QED) is 0.641. The molecule has 0 atom stereocenters. The molecule has 1 nitrogen and oxygen atoms in total. The SMILES string of the molecule is OCC#Cc1cc(F)ccc1CSc1ccc(Cl)c(Cl)c1. The summed E-state index contributed by atoms with van der Waals surface area (Å²) in [5.41, 5.74) is 1.48. The van der Waals surface area contributed by atoms with E-state index in [9.17, 15) is 4.39 Å². The Balaban J connectivity index is 2.17. The molecule has 1 N–H and O–H groups in total. The highest BCUT2D eigenvalue weighted by molar-refractivity contribution is 7.98. The largest absolute Gasteiger partial charge is 0.384 e.